The van der Waals surface area contributed by atoms with Crippen LogP contribution in [0.3, 0.4) is 0 Å². The minimum atomic E-state index is -3.77. The molecule has 0 saturated carbocycles. The van der Waals surface area contributed by atoms with Gasteiger partial charge in [0, 0.05) is 10.0 Å². The van der Waals surface area contributed by atoms with Crippen LogP contribution in [0.25, 0.3) is 0 Å². The van der Waals surface area contributed by atoms with Crippen LogP contribution in [0.5, 0.6) is 0 Å². The summed E-state index contributed by atoms with van der Waals surface area (Å²) in [5.41, 5.74) is 1.75. The average Bonchev–Trinajstić information content (AvgIpc) is 2.53. The van der Waals surface area contributed by atoms with E-state index in [2.05, 4.69) is 27.2 Å². The van der Waals surface area contributed by atoms with Crippen LogP contribution >= 0.6 is 15.9 Å². The highest BCUT2D eigenvalue weighted by atomic mass is 79.9. The number of nitrogens with one attached hydrogen (secondary N) is 1. The van der Waals surface area contributed by atoms with E-state index in [1.165, 1.54) is 12.1 Å². The van der Waals surface area contributed by atoms with E-state index in [1.54, 1.807) is 36.4 Å². The Morgan fingerprint density at radius 2 is 1.70 bits per heavy atom. The maximum Gasteiger partial charge on any atom is 0.241 e. The predicted molar refractivity (Wildman–Crippen MR) is 93.6 cm³/mol. The molecule has 2 aromatic carbocycles. The summed E-state index contributed by atoms with van der Waals surface area (Å²) in [4.78, 5) is 11.3. The maximum absolute atomic E-state index is 12.5. The third kappa shape index (κ3) is 4.37. The molecule has 4 nitrogen and oxygen atoms in total. The second-order valence-electron chi connectivity index (χ2n) is 5.11. The molecule has 0 spiro atoms. The fourth-order valence-electron chi connectivity index (χ4n) is 2.02. The highest BCUT2D eigenvalue weighted by Gasteiger charge is 2.23. The van der Waals surface area contributed by atoms with Crippen molar-refractivity contribution in [1.29, 1.82) is 0 Å². The van der Waals surface area contributed by atoms with Crippen LogP contribution in [0.15, 0.2) is 70.1 Å². The second kappa shape index (κ2) is 7.21. The molecule has 23 heavy (non-hydrogen) atoms. The molecule has 0 fully saturated rings. The van der Waals surface area contributed by atoms with Gasteiger partial charge in [0.1, 0.15) is 6.29 Å². The van der Waals surface area contributed by atoms with Crippen molar-refractivity contribution in [3.8, 4) is 0 Å². The SMILES string of the molecule is C=C(C=O)C(NS(=O)(=O)c1ccc(C)cc1)c1ccc(Br)cc1. The fourth-order valence-corrected chi connectivity index (χ4v) is 3.51. The summed E-state index contributed by atoms with van der Waals surface area (Å²) in [5.74, 6) is 0. The Hall–Kier alpha value is -1.76. The van der Waals surface area contributed by atoms with Gasteiger partial charge in [-0.25, -0.2) is 8.42 Å². The summed E-state index contributed by atoms with van der Waals surface area (Å²) >= 11 is 3.32. The Bertz CT molecular complexity index is 812. The zero-order chi connectivity index (χ0) is 17.0. The van der Waals surface area contributed by atoms with Gasteiger partial charge in [-0.1, -0.05) is 52.3 Å². The molecule has 0 bridgehead atoms. The van der Waals surface area contributed by atoms with Gasteiger partial charge < -0.3 is 0 Å². The number of halogens is 1. The number of aryl methyl sites for hydroxylation is 1. The minimum absolute atomic E-state index is 0.142. The number of carbonyl (C=O) groups excluding carboxylic acids is 1. The van der Waals surface area contributed by atoms with E-state index in [0.29, 0.717) is 11.8 Å². The molecule has 120 valence electrons. The van der Waals surface area contributed by atoms with E-state index >= 15 is 0 Å². The zero-order valence-corrected chi connectivity index (χ0v) is 14.9. The molecule has 0 saturated heterocycles. The Morgan fingerprint density at radius 3 is 2.22 bits per heavy atom. The van der Waals surface area contributed by atoms with E-state index < -0.39 is 16.1 Å². The number of hydrogen-bond donors (Lipinski definition) is 1. The zero-order valence-electron chi connectivity index (χ0n) is 12.5. The fraction of sp³-hybridized carbons (Fsp3) is 0.118. The lowest BCUT2D eigenvalue weighted by atomic mass is 10.0. The highest BCUT2D eigenvalue weighted by molar-refractivity contribution is 9.10. The normalized spacial score (nSPS) is 12.6. The molecule has 0 aliphatic carbocycles. The van der Waals surface area contributed by atoms with E-state index in [0.717, 1.165) is 10.0 Å². The van der Waals surface area contributed by atoms with Crippen molar-refractivity contribution in [2.24, 2.45) is 0 Å². The molecule has 0 aliphatic rings. The molecule has 2 rings (SSSR count). The monoisotopic (exact) mass is 393 g/mol. The molecule has 0 aromatic heterocycles. The molecule has 1 atom stereocenters. The summed E-state index contributed by atoms with van der Waals surface area (Å²) in [6.45, 7) is 5.54. The first-order chi connectivity index (χ1) is 10.8. The lowest BCUT2D eigenvalue weighted by molar-refractivity contribution is -0.105. The Morgan fingerprint density at radius 1 is 1.13 bits per heavy atom. The van der Waals surface area contributed by atoms with E-state index in [-0.39, 0.29) is 10.5 Å². The lowest BCUT2D eigenvalue weighted by Crippen LogP contribution is -2.30. The van der Waals surface area contributed by atoms with Crippen LogP contribution in [0, 0.1) is 6.92 Å². The number of rotatable bonds is 6. The Labute approximate surface area is 144 Å². The van der Waals surface area contributed by atoms with Crippen molar-refractivity contribution in [3.63, 3.8) is 0 Å². The summed E-state index contributed by atoms with van der Waals surface area (Å²) < 4.78 is 28.5. The standard InChI is InChI=1S/C17H16BrNO3S/c1-12-3-9-16(10-4-12)23(21,22)19-17(13(2)11-20)14-5-7-15(18)8-6-14/h3-11,17,19H,2H2,1H3. The summed E-state index contributed by atoms with van der Waals surface area (Å²) in [6.07, 6.45) is 0.560. The van der Waals surface area contributed by atoms with E-state index in [4.69, 9.17) is 0 Å². The predicted octanol–water partition coefficient (Wildman–Crippen LogP) is 3.53. The van der Waals surface area contributed by atoms with Gasteiger partial charge in [-0.2, -0.15) is 4.72 Å². The van der Waals surface area contributed by atoms with E-state index in [9.17, 15) is 13.2 Å². The van der Waals surface area contributed by atoms with Gasteiger partial charge in [-0.15, -0.1) is 0 Å². The van der Waals surface area contributed by atoms with Crippen LogP contribution in [0.1, 0.15) is 17.2 Å². The van der Waals surface area contributed by atoms with Crippen molar-refractivity contribution < 1.29 is 13.2 Å². The van der Waals surface area contributed by atoms with E-state index in [1.807, 2.05) is 6.92 Å². The van der Waals surface area contributed by atoms with Crippen molar-refractivity contribution >= 4 is 32.2 Å². The summed E-state index contributed by atoms with van der Waals surface area (Å²) in [6, 6.07) is 12.7. The first kappa shape index (κ1) is 17.6. The molecular formula is C17H16BrNO3S. The molecule has 0 aliphatic heterocycles. The number of aldehydes is 1. The number of benzene rings is 2. The van der Waals surface area contributed by atoms with Gasteiger partial charge in [-0.05, 0) is 36.8 Å². The van der Waals surface area contributed by atoms with Gasteiger partial charge in [0.15, 0.2) is 0 Å². The first-order valence-electron chi connectivity index (χ1n) is 6.82. The second-order valence-corrected chi connectivity index (χ2v) is 7.74. The Kier molecular flexibility index (Phi) is 5.51. The van der Waals surface area contributed by atoms with Gasteiger partial charge >= 0.3 is 0 Å². The van der Waals surface area contributed by atoms with Gasteiger partial charge in [0.05, 0.1) is 10.9 Å². The molecule has 1 N–H and O–H groups in total. The van der Waals surface area contributed by atoms with Gasteiger partial charge in [0.25, 0.3) is 0 Å². The first-order valence-corrected chi connectivity index (χ1v) is 9.09. The van der Waals surface area contributed by atoms with Gasteiger partial charge in [-0.3, -0.25) is 4.79 Å². The molecule has 0 amide bonds. The van der Waals surface area contributed by atoms with Crippen LogP contribution < -0.4 is 4.72 Å². The smallest absolute Gasteiger partial charge is 0.241 e. The highest BCUT2D eigenvalue weighted by Crippen LogP contribution is 2.24. The van der Waals surface area contributed by atoms with Crippen molar-refractivity contribution in [3.05, 3.63) is 76.3 Å². The molecule has 0 radical (unpaired) electrons. The lowest BCUT2D eigenvalue weighted by Gasteiger charge is -2.19. The van der Waals surface area contributed by atoms with Crippen LogP contribution in [-0.2, 0) is 14.8 Å². The van der Waals surface area contributed by atoms with Crippen molar-refractivity contribution in [1.82, 2.24) is 4.72 Å². The Balaban J connectivity index is 2.37. The minimum Gasteiger partial charge on any atom is -0.298 e. The molecule has 0 heterocycles. The molecular weight excluding hydrogens is 378 g/mol. The third-order valence-corrected chi connectivity index (χ3v) is 5.30. The van der Waals surface area contributed by atoms with Crippen LogP contribution in [0.4, 0.5) is 0 Å². The van der Waals surface area contributed by atoms with Crippen LogP contribution in [0.2, 0.25) is 0 Å². The van der Waals surface area contributed by atoms with Crippen molar-refractivity contribution in [2.75, 3.05) is 0 Å². The van der Waals surface area contributed by atoms with Crippen molar-refractivity contribution in [2.45, 2.75) is 17.9 Å². The van der Waals surface area contributed by atoms with Crippen LogP contribution in [-0.4, -0.2) is 14.7 Å². The molecule has 6 heteroatoms. The maximum atomic E-state index is 12.5. The molecule has 2 aromatic rings. The van der Waals surface area contributed by atoms with Gasteiger partial charge in [0.2, 0.25) is 10.0 Å². The molecule has 1 unspecified atom stereocenters. The summed E-state index contributed by atoms with van der Waals surface area (Å²) in [7, 11) is -3.77. The number of carbonyl (C=O) groups is 1. The average molecular weight is 394 g/mol. The quantitative estimate of drug-likeness (QED) is 0.602. The number of sulfonamides is 1. The largest absolute Gasteiger partial charge is 0.298 e. The summed E-state index contributed by atoms with van der Waals surface area (Å²) in [5, 5.41) is 0. The number of hydrogen-bond acceptors (Lipinski definition) is 3. The topological polar surface area (TPSA) is 63.2 Å². The third-order valence-electron chi connectivity index (χ3n) is 3.33.